The van der Waals surface area contributed by atoms with Crippen molar-refractivity contribution in [3.8, 4) is 0 Å². The maximum absolute atomic E-state index is 14.0. The molecule has 0 radical (unpaired) electrons. The van der Waals surface area contributed by atoms with Crippen LogP contribution in [0.25, 0.3) is 0 Å². The number of aliphatic hydroxyl groups is 1. The number of hydrogen-bond donors (Lipinski definition) is 3. The predicted molar refractivity (Wildman–Crippen MR) is 138 cm³/mol. The Balaban J connectivity index is 1.41. The van der Waals surface area contributed by atoms with Crippen molar-refractivity contribution in [1.29, 1.82) is 0 Å². The molecule has 0 aromatic heterocycles. The molecule has 206 valence electrons. The summed E-state index contributed by atoms with van der Waals surface area (Å²) in [5.41, 5.74) is 0.124. The molecule has 4 atom stereocenters. The lowest BCUT2D eigenvalue weighted by molar-refractivity contribution is -0.134. The van der Waals surface area contributed by atoms with Gasteiger partial charge in [0.15, 0.2) is 17.5 Å². The highest BCUT2D eigenvalue weighted by Gasteiger charge is 2.57. The number of aliphatic hydroxyl groups excluding tert-OH is 1. The van der Waals surface area contributed by atoms with E-state index in [2.05, 4.69) is 14.4 Å². The van der Waals surface area contributed by atoms with Crippen LogP contribution in [0.4, 0.5) is 20.2 Å². The summed E-state index contributed by atoms with van der Waals surface area (Å²) in [6.45, 7) is -0.0612. The molecule has 2 fully saturated rings. The number of halogens is 2. The predicted octanol–water partition coefficient (Wildman–Crippen LogP) is 3.12. The summed E-state index contributed by atoms with van der Waals surface area (Å²) in [6, 6.07) is 6.80. The number of hydrogen-bond acceptors (Lipinski definition) is 7. The zero-order valence-corrected chi connectivity index (χ0v) is 22.2. The van der Waals surface area contributed by atoms with E-state index in [1.807, 2.05) is 0 Å². The first-order valence-corrected chi connectivity index (χ1v) is 15.6. The fraction of sp³-hybridized carbons (Fsp3) is 0.360. The number of amidine groups is 1. The van der Waals surface area contributed by atoms with E-state index in [1.165, 1.54) is 23.1 Å². The Morgan fingerprint density at radius 2 is 1.87 bits per heavy atom. The van der Waals surface area contributed by atoms with E-state index < -0.39 is 43.5 Å². The van der Waals surface area contributed by atoms with Gasteiger partial charge in [0.2, 0.25) is 10.0 Å². The standard InChI is InChI=1S/C25H24F2N4O6S2/c1-38(34,35)29-15-5-7-18-19(10-15)39(36,37)30-24(28-18)21-23(32)20-13-3-4-14(9-13)22(20)31(25(21)33)11-12-2-6-16(26)17(27)8-12/h2,5-8,10,13-14,20,22,29,32H,3-4,9,11H2,1H3,(H,28,30)/t13-,14-,20-,22+/m1/s1. The smallest absolute Gasteiger partial charge is 0.286 e. The van der Waals surface area contributed by atoms with Gasteiger partial charge in [-0.15, -0.1) is 4.40 Å². The maximum Gasteiger partial charge on any atom is 0.286 e. The van der Waals surface area contributed by atoms with Gasteiger partial charge in [0.1, 0.15) is 16.2 Å². The molecule has 2 aliphatic carbocycles. The van der Waals surface area contributed by atoms with E-state index in [9.17, 15) is 35.5 Å². The highest BCUT2D eigenvalue weighted by molar-refractivity contribution is 7.92. The number of nitrogens with zero attached hydrogens (tertiary/aromatic N) is 2. The first-order chi connectivity index (χ1) is 18.3. The monoisotopic (exact) mass is 578 g/mol. The van der Waals surface area contributed by atoms with Gasteiger partial charge in [0, 0.05) is 24.2 Å². The van der Waals surface area contributed by atoms with Gasteiger partial charge in [-0.05, 0) is 67.0 Å². The first-order valence-electron chi connectivity index (χ1n) is 12.2. The normalized spacial score (nSPS) is 27.1. The molecule has 2 bridgehead atoms. The molecule has 2 aromatic rings. The molecule has 1 amide bonds. The van der Waals surface area contributed by atoms with Crippen LogP contribution in [0.5, 0.6) is 0 Å². The SMILES string of the molecule is CS(=O)(=O)Nc1ccc2c(c1)S(=O)(=O)N=C(C1=C(O)[C@@H]3[C@@H]4CC[C@H](C4)[C@@H]3N(Cc3ccc(F)c(F)c3)C1=O)N2. The van der Waals surface area contributed by atoms with Gasteiger partial charge >= 0.3 is 0 Å². The van der Waals surface area contributed by atoms with Gasteiger partial charge in [0.25, 0.3) is 15.9 Å². The summed E-state index contributed by atoms with van der Waals surface area (Å²) in [6.07, 6.45) is 3.41. The van der Waals surface area contributed by atoms with E-state index >= 15 is 0 Å². The molecule has 2 aliphatic heterocycles. The highest BCUT2D eigenvalue weighted by Crippen LogP contribution is 2.55. The molecular weight excluding hydrogens is 554 g/mol. The molecule has 3 N–H and O–H groups in total. The second-order valence-corrected chi connectivity index (χ2v) is 13.7. The van der Waals surface area contributed by atoms with Crippen molar-refractivity contribution in [1.82, 2.24) is 4.90 Å². The van der Waals surface area contributed by atoms with Crippen molar-refractivity contribution in [3.63, 3.8) is 0 Å². The number of fused-ring (bicyclic) bond motifs is 6. The van der Waals surface area contributed by atoms with Gasteiger partial charge in [-0.2, -0.15) is 8.42 Å². The van der Waals surface area contributed by atoms with Gasteiger partial charge in [-0.3, -0.25) is 9.52 Å². The Bertz CT molecular complexity index is 1710. The minimum atomic E-state index is -4.40. The summed E-state index contributed by atoms with van der Waals surface area (Å²) in [7, 11) is -8.07. The van der Waals surface area contributed by atoms with Gasteiger partial charge < -0.3 is 15.3 Å². The zero-order valence-electron chi connectivity index (χ0n) is 20.6. The van der Waals surface area contributed by atoms with Crippen LogP contribution in [0.15, 0.2) is 57.0 Å². The van der Waals surface area contributed by atoms with Crippen LogP contribution in [0.1, 0.15) is 24.8 Å². The summed E-state index contributed by atoms with van der Waals surface area (Å²) in [5, 5.41) is 14.2. The molecule has 2 heterocycles. The fourth-order valence-electron chi connectivity index (χ4n) is 6.43. The number of anilines is 2. The number of nitrogens with one attached hydrogen (secondary N) is 2. The van der Waals surface area contributed by atoms with E-state index in [0.717, 1.165) is 43.7 Å². The van der Waals surface area contributed by atoms with Crippen molar-refractivity contribution in [3.05, 3.63) is 64.9 Å². The van der Waals surface area contributed by atoms with Crippen LogP contribution >= 0.6 is 0 Å². The van der Waals surface area contributed by atoms with Crippen LogP contribution < -0.4 is 10.0 Å². The van der Waals surface area contributed by atoms with Crippen molar-refractivity contribution < 1.29 is 35.5 Å². The summed E-state index contributed by atoms with van der Waals surface area (Å²) >= 11 is 0. The Labute approximate surface area is 223 Å². The van der Waals surface area contributed by atoms with Crippen molar-refractivity contribution in [2.75, 3.05) is 16.3 Å². The lowest BCUT2D eigenvalue weighted by atomic mass is 9.77. The Kier molecular flexibility index (Phi) is 5.77. The van der Waals surface area contributed by atoms with Crippen LogP contribution in [-0.4, -0.2) is 50.9 Å². The Hall–Kier alpha value is -3.52. The van der Waals surface area contributed by atoms with Crippen LogP contribution in [0, 0.1) is 29.4 Å². The van der Waals surface area contributed by atoms with E-state index in [0.29, 0.717) is 5.56 Å². The van der Waals surface area contributed by atoms with Crippen molar-refractivity contribution in [2.45, 2.75) is 36.7 Å². The molecule has 0 spiro atoms. The van der Waals surface area contributed by atoms with E-state index in [4.69, 9.17) is 0 Å². The lowest BCUT2D eigenvalue weighted by Crippen LogP contribution is -2.53. The number of carbonyl (C=O) groups excluding carboxylic acids is 1. The summed E-state index contributed by atoms with van der Waals surface area (Å²) in [4.78, 5) is 15.1. The lowest BCUT2D eigenvalue weighted by Gasteiger charge is -2.44. The average molecular weight is 579 g/mol. The molecule has 0 unspecified atom stereocenters. The molecule has 2 aromatic carbocycles. The van der Waals surface area contributed by atoms with Crippen LogP contribution in [0.2, 0.25) is 0 Å². The third-order valence-electron chi connectivity index (χ3n) is 7.88. The van der Waals surface area contributed by atoms with Crippen molar-refractivity contribution in [2.24, 2.45) is 22.2 Å². The Morgan fingerprint density at radius 3 is 2.59 bits per heavy atom. The number of rotatable bonds is 5. The van der Waals surface area contributed by atoms with Crippen LogP contribution in [-0.2, 0) is 31.4 Å². The Morgan fingerprint density at radius 1 is 1.13 bits per heavy atom. The van der Waals surface area contributed by atoms with Gasteiger partial charge in [-0.1, -0.05) is 6.07 Å². The molecule has 6 rings (SSSR count). The molecule has 10 nitrogen and oxygen atoms in total. The van der Waals surface area contributed by atoms with Crippen molar-refractivity contribution >= 4 is 43.2 Å². The highest BCUT2D eigenvalue weighted by atomic mass is 32.2. The van der Waals surface area contributed by atoms with Crippen LogP contribution in [0.3, 0.4) is 0 Å². The minimum absolute atomic E-state index is 0.0126. The zero-order chi connectivity index (χ0) is 27.9. The fourth-order valence-corrected chi connectivity index (χ4v) is 8.13. The number of amides is 1. The molecule has 14 heteroatoms. The van der Waals surface area contributed by atoms with E-state index in [1.54, 1.807) is 0 Å². The largest absolute Gasteiger partial charge is 0.511 e. The van der Waals surface area contributed by atoms with E-state index in [-0.39, 0.29) is 57.9 Å². The second-order valence-electron chi connectivity index (χ2n) is 10.4. The summed E-state index contributed by atoms with van der Waals surface area (Å²) in [5.74, 6) is -3.59. The third kappa shape index (κ3) is 4.35. The molecule has 0 saturated heterocycles. The third-order valence-corrected chi connectivity index (χ3v) is 9.80. The number of carbonyl (C=O) groups is 1. The maximum atomic E-state index is 14.0. The quantitative estimate of drug-likeness (QED) is 0.494. The molecule has 39 heavy (non-hydrogen) atoms. The molecule has 2 saturated carbocycles. The average Bonchev–Trinajstić information content (AvgIpc) is 3.46. The minimum Gasteiger partial charge on any atom is -0.511 e. The summed E-state index contributed by atoms with van der Waals surface area (Å²) < 4.78 is 82.9. The first kappa shape index (κ1) is 25.7. The van der Waals surface area contributed by atoms with Gasteiger partial charge in [-0.25, -0.2) is 17.2 Å². The number of sulfonamides is 2. The second kappa shape index (κ2) is 8.74. The molecule has 4 aliphatic rings. The topological polar surface area (TPSA) is 145 Å². The van der Waals surface area contributed by atoms with Gasteiger partial charge in [0.05, 0.1) is 11.9 Å². The number of benzene rings is 2. The molecular formula is C25H24F2N4O6S2.